The number of hydrogen-bond acceptors (Lipinski definition) is 3. The third-order valence-electron chi connectivity index (χ3n) is 2.79. The Kier molecular flexibility index (Phi) is 4.60. The second kappa shape index (κ2) is 5.94. The molecule has 0 bridgehead atoms. The Bertz CT molecular complexity index is 810. The summed E-state index contributed by atoms with van der Waals surface area (Å²) in [4.78, 5) is 0.0306. The van der Waals surface area contributed by atoms with E-state index in [9.17, 15) is 12.8 Å². The molecule has 4 nitrogen and oxygen atoms in total. The molecule has 2 aromatic carbocycles. The quantitative estimate of drug-likeness (QED) is 0.711. The van der Waals surface area contributed by atoms with Crippen molar-refractivity contribution in [1.82, 2.24) is 0 Å². The van der Waals surface area contributed by atoms with E-state index in [1.165, 1.54) is 24.3 Å². The van der Waals surface area contributed by atoms with Crippen molar-refractivity contribution in [2.75, 3.05) is 10.5 Å². The van der Waals surface area contributed by atoms with Crippen LogP contribution < -0.4 is 10.5 Å². The van der Waals surface area contributed by atoms with Crippen molar-refractivity contribution in [3.63, 3.8) is 0 Å². The topological polar surface area (TPSA) is 72.2 Å². The van der Waals surface area contributed by atoms with Gasteiger partial charge in [-0.3, -0.25) is 4.72 Å². The smallest absolute Gasteiger partial charge is 0.261 e. The molecule has 0 aliphatic carbocycles. The first kappa shape index (κ1) is 16.3. The van der Waals surface area contributed by atoms with E-state index in [0.717, 1.165) is 0 Å². The minimum Gasteiger partial charge on any atom is -0.398 e. The Morgan fingerprint density at radius 2 is 1.81 bits per heavy atom. The van der Waals surface area contributed by atoms with Gasteiger partial charge in [-0.2, -0.15) is 0 Å². The fraction of sp³-hybridized carbons (Fsp3) is 0.0769. The van der Waals surface area contributed by atoms with Crippen LogP contribution in [0.2, 0.25) is 0 Å². The van der Waals surface area contributed by atoms with Crippen molar-refractivity contribution in [3.05, 3.63) is 50.7 Å². The van der Waals surface area contributed by atoms with E-state index in [-0.39, 0.29) is 9.37 Å². The second-order valence-electron chi connectivity index (χ2n) is 4.37. The number of nitrogens with one attached hydrogen (secondary N) is 1. The van der Waals surface area contributed by atoms with E-state index in [1.807, 2.05) is 0 Å². The summed E-state index contributed by atoms with van der Waals surface area (Å²) in [6, 6.07) is 6.95. The summed E-state index contributed by atoms with van der Waals surface area (Å²) in [5, 5.41) is 0. The minimum atomic E-state index is -3.80. The highest BCUT2D eigenvalue weighted by atomic mass is 79.9. The summed E-state index contributed by atoms with van der Waals surface area (Å²) in [5.41, 5.74) is 6.78. The summed E-state index contributed by atoms with van der Waals surface area (Å²) in [7, 11) is -3.80. The van der Waals surface area contributed by atoms with Crippen molar-refractivity contribution < 1.29 is 12.8 Å². The highest BCUT2D eigenvalue weighted by Crippen LogP contribution is 2.28. The predicted octanol–water partition coefficient (Wildman–Crippen LogP) is 4.04. The minimum absolute atomic E-state index is 0.0306. The van der Waals surface area contributed by atoms with Gasteiger partial charge in [0.05, 0.1) is 15.1 Å². The number of benzene rings is 2. The highest BCUT2D eigenvalue weighted by Gasteiger charge is 2.17. The zero-order valence-electron chi connectivity index (χ0n) is 10.8. The van der Waals surface area contributed by atoms with Crippen molar-refractivity contribution in [2.24, 2.45) is 0 Å². The van der Waals surface area contributed by atoms with E-state index in [1.54, 1.807) is 13.0 Å². The largest absolute Gasteiger partial charge is 0.398 e. The second-order valence-corrected chi connectivity index (χ2v) is 7.76. The van der Waals surface area contributed by atoms with Crippen LogP contribution in [-0.4, -0.2) is 8.42 Å². The lowest BCUT2D eigenvalue weighted by molar-refractivity contribution is 0.600. The molecule has 0 fully saturated rings. The van der Waals surface area contributed by atoms with E-state index in [0.29, 0.717) is 21.4 Å². The van der Waals surface area contributed by atoms with Gasteiger partial charge in [0.25, 0.3) is 10.0 Å². The Balaban J connectivity index is 2.42. The van der Waals surface area contributed by atoms with Crippen LogP contribution in [0.5, 0.6) is 0 Å². The first-order chi connectivity index (χ1) is 9.70. The van der Waals surface area contributed by atoms with Gasteiger partial charge in [-0.15, -0.1) is 0 Å². The third-order valence-corrected chi connectivity index (χ3v) is 5.48. The summed E-state index contributed by atoms with van der Waals surface area (Å²) >= 11 is 6.23. The maximum atomic E-state index is 13.4. The lowest BCUT2D eigenvalue weighted by Crippen LogP contribution is -2.14. The number of halogens is 3. The van der Waals surface area contributed by atoms with Crippen LogP contribution in [0.4, 0.5) is 15.8 Å². The van der Waals surface area contributed by atoms with Gasteiger partial charge in [-0.25, -0.2) is 12.8 Å². The summed E-state index contributed by atoms with van der Waals surface area (Å²) in [6.07, 6.45) is 0. The Labute approximate surface area is 138 Å². The number of rotatable bonds is 3. The lowest BCUT2D eigenvalue weighted by Gasteiger charge is -2.12. The molecule has 0 aromatic heterocycles. The molecule has 0 saturated carbocycles. The molecule has 0 amide bonds. The zero-order valence-corrected chi connectivity index (χ0v) is 14.8. The number of hydrogen-bond donors (Lipinski definition) is 2. The summed E-state index contributed by atoms with van der Waals surface area (Å²) in [6.45, 7) is 1.61. The van der Waals surface area contributed by atoms with Gasteiger partial charge >= 0.3 is 0 Å². The fourth-order valence-electron chi connectivity index (χ4n) is 1.65. The Hall–Kier alpha value is -1.12. The highest BCUT2D eigenvalue weighted by molar-refractivity contribution is 9.10. The van der Waals surface area contributed by atoms with E-state index >= 15 is 0 Å². The van der Waals surface area contributed by atoms with Crippen molar-refractivity contribution in [3.8, 4) is 0 Å². The van der Waals surface area contributed by atoms with Crippen LogP contribution in [0.1, 0.15) is 5.56 Å². The number of anilines is 2. The van der Waals surface area contributed by atoms with Gasteiger partial charge in [0, 0.05) is 10.2 Å². The monoisotopic (exact) mass is 436 g/mol. The molecule has 0 heterocycles. The van der Waals surface area contributed by atoms with Gasteiger partial charge in [0.1, 0.15) is 5.82 Å². The van der Waals surface area contributed by atoms with Gasteiger partial charge in [0.15, 0.2) is 0 Å². The Morgan fingerprint density at radius 1 is 1.14 bits per heavy atom. The average Bonchev–Trinajstić information content (AvgIpc) is 2.39. The van der Waals surface area contributed by atoms with Crippen LogP contribution in [0.25, 0.3) is 0 Å². The number of sulfonamides is 1. The Morgan fingerprint density at radius 3 is 2.43 bits per heavy atom. The van der Waals surface area contributed by atoms with Crippen LogP contribution >= 0.6 is 31.9 Å². The summed E-state index contributed by atoms with van der Waals surface area (Å²) in [5.74, 6) is -0.455. The lowest BCUT2D eigenvalue weighted by atomic mass is 10.2. The molecular weight excluding hydrogens is 427 g/mol. The molecule has 0 aliphatic heterocycles. The molecule has 0 unspecified atom stereocenters. The van der Waals surface area contributed by atoms with Crippen molar-refractivity contribution in [2.45, 2.75) is 11.8 Å². The van der Waals surface area contributed by atoms with Crippen LogP contribution in [0.3, 0.4) is 0 Å². The van der Waals surface area contributed by atoms with Crippen LogP contribution in [-0.2, 0) is 10.0 Å². The predicted molar refractivity (Wildman–Crippen MR) is 88.2 cm³/mol. The van der Waals surface area contributed by atoms with Crippen molar-refractivity contribution >= 4 is 53.3 Å². The molecule has 8 heteroatoms. The molecule has 0 saturated heterocycles. The molecule has 21 heavy (non-hydrogen) atoms. The van der Waals surface area contributed by atoms with E-state index in [4.69, 9.17) is 5.73 Å². The number of nitrogens with two attached hydrogens (primary N) is 1. The standard InChI is InChI=1S/C13H11Br2FN2O2S/c1-7-4-11(16)10(15)6-13(7)18-21(19,20)8-2-3-9(14)12(17)5-8/h2-6,18H,17H2,1H3. The molecule has 3 N–H and O–H groups in total. The molecular formula is C13H11Br2FN2O2S. The molecule has 0 radical (unpaired) electrons. The first-order valence-electron chi connectivity index (χ1n) is 5.74. The number of nitrogen functional groups attached to an aromatic ring is 1. The summed E-state index contributed by atoms with van der Waals surface area (Å²) < 4.78 is 41.2. The van der Waals surface area contributed by atoms with E-state index < -0.39 is 15.8 Å². The maximum Gasteiger partial charge on any atom is 0.261 e. The molecule has 2 aromatic rings. The van der Waals surface area contributed by atoms with Gasteiger partial charge < -0.3 is 5.73 Å². The normalized spacial score (nSPS) is 11.4. The zero-order chi connectivity index (χ0) is 15.8. The molecule has 2 rings (SSSR count). The molecule has 0 atom stereocenters. The van der Waals surface area contributed by atoms with Gasteiger partial charge in [-0.1, -0.05) is 0 Å². The maximum absolute atomic E-state index is 13.4. The third kappa shape index (κ3) is 3.56. The van der Waals surface area contributed by atoms with E-state index in [2.05, 4.69) is 36.6 Å². The van der Waals surface area contributed by atoms with Crippen molar-refractivity contribution in [1.29, 1.82) is 0 Å². The van der Waals surface area contributed by atoms with Crippen LogP contribution in [0.15, 0.2) is 44.2 Å². The SMILES string of the molecule is Cc1cc(F)c(Br)cc1NS(=O)(=O)c1ccc(Br)c(N)c1. The molecule has 0 spiro atoms. The first-order valence-corrected chi connectivity index (χ1v) is 8.81. The van der Waals surface area contributed by atoms with Gasteiger partial charge in [-0.05, 0) is 74.7 Å². The molecule has 0 aliphatic rings. The fourth-order valence-corrected chi connectivity index (χ4v) is 3.40. The number of aryl methyl sites for hydroxylation is 1. The van der Waals surface area contributed by atoms with Crippen LogP contribution in [0, 0.1) is 12.7 Å². The van der Waals surface area contributed by atoms with Gasteiger partial charge in [0.2, 0.25) is 0 Å². The average molecular weight is 438 g/mol. The molecule has 112 valence electrons.